The molecule has 0 bridgehead atoms. The molecular formula is C12H16ClN3O3. The number of carbonyl (C=O) groups is 1. The molecule has 104 valence electrons. The van der Waals surface area contributed by atoms with Crippen LogP contribution in [0.3, 0.4) is 0 Å². The zero-order chi connectivity index (χ0) is 14.4. The lowest BCUT2D eigenvalue weighted by Crippen LogP contribution is -2.31. The topological polar surface area (TPSA) is 84.3 Å². The van der Waals surface area contributed by atoms with Crippen LogP contribution in [-0.2, 0) is 4.79 Å². The second-order valence-corrected chi connectivity index (χ2v) is 4.70. The van der Waals surface area contributed by atoms with E-state index >= 15 is 0 Å². The van der Waals surface area contributed by atoms with Crippen LogP contribution in [0.5, 0.6) is 0 Å². The Balaban J connectivity index is 2.46. The predicted octanol–water partition coefficient (Wildman–Crippen LogP) is 2.43. The second-order valence-electron chi connectivity index (χ2n) is 4.29. The average molecular weight is 286 g/mol. The van der Waals surface area contributed by atoms with E-state index in [-0.39, 0.29) is 22.5 Å². The molecule has 0 aliphatic carbocycles. The molecule has 0 radical (unpaired) electrons. The highest BCUT2D eigenvalue weighted by molar-refractivity contribution is 6.33. The summed E-state index contributed by atoms with van der Waals surface area (Å²) in [5.74, 6) is -0.0699. The van der Waals surface area contributed by atoms with Crippen LogP contribution in [0.15, 0.2) is 18.2 Å². The lowest BCUT2D eigenvalue weighted by molar-refractivity contribution is -0.384. The Morgan fingerprint density at radius 1 is 1.42 bits per heavy atom. The molecule has 1 aromatic carbocycles. The summed E-state index contributed by atoms with van der Waals surface area (Å²) in [4.78, 5) is 21.3. The molecule has 0 unspecified atom stereocenters. The van der Waals surface area contributed by atoms with Gasteiger partial charge >= 0.3 is 0 Å². The van der Waals surface area contributed by atoms with Crippen molar-refractivity contribution in [3.63, 3.8) is 0 Å². The molecule has 7 heteroatoms. The van der Waals surface area contributed by atoms with Crippen LogP contribution >= 0.6 is 11.6 Å². The van der Waals surface area contributed by atoms with Gasteiger partial charge in [-0.2, -0.15) is 0 Å². The summed E-state index contributed by atoms with van der Waals surface area (Å²) in [6, 6.07) is 4.21. The van der Waals surface area contributed by atoms with Crippen molar-refractivity contribution in [1.29, 1.82) is 0 Å². The predicted molar refractivity (Wildman–Crippen MR) is 74.4 cm³/mol. The van der Waals surface area contributed by atoms with E-state index in [2.05, 4.69) is 10.6 Å². The molecule has 0 aliphatic heterocycles. The highest BCUT2D eigenvalue weighted by Gasteiger charge is 2.09. The number of anilines is 1. The van der Waals surface area contributed by atoms with Gasteiger partial charge in [0.1, 0.15) is 0 Å². The van der Waals surface area contributed by atoms with Crippen molar-refractivity contribution >= 4 is 28.9 Å². The summed E-state index contributed by atoms with van der Waals surface area (Å²) in [5, 5.41) is 16.6. The lowest BCUT2D eigenvalue weighted by Gasteiger charge is -2.10. The number of nitrogens with zero attached hydrogens (tertiary/aromatic N) is 1. The first-order valence-corrected chi connectivity index (χ1v) is 6.25. The Kier molecular flexibility index (Phi) is 5.57. The van der Waals surface area contributed by atoms with Gasteiger partial charge in [0.25, 0.3) is 5.69 Å². The monoisotopic (exact) mass is 285 g/mol. The first-order valence-electron chi connectivity index (χ1n) is 5.87. The Hall–Kier alpha value is -1.82. The van der Waals surface area contributed by atoms with Gasteiger partial charge in [-0.15, -0.1) is 0 Å². The molecule has 1 aromatic rings. The van der Waals surface area contributed by atoms with Crippen LogP contribution < -0.4 is 10.6 Å². The molecule has 0 aromatic heterocycles. The van der Waals surface area contributed by atoms with Gasteiger partial charge in [0, 0.05) is 31.1 Å². The Morgan fingerprint density at radius 2 is 2.11 bits per heavy atom. The molecule has 19 heavy (non-hydrogen) atoms. The van der Waals surface area contributed by atoms with Gasteiger partial charge in [0.05, 0.1) is 15.6 Å². The van der Waals surface area contributed by atoms with Gasteiger partial charge in [-0.3, -0.25) is 14.9 Å². The molecule has 0 fully saturated rings. The summed E-state index contributed by atoms with van der Waals surface area (Å²) >= 11 is 5.91. The number of nitrogens with one attached hydrogen (secondary N) is 2. The Labute approximate surface area is 116 Å². The average Bonchev–Trinajstić information content (AvgIpc) is 2.35. The summed E-state index contributed by atoms with van der Waals surface area (Å²) < 4.78 is 0. The van der Waals surface area contributed by atoms with E-state index in [1.807, 2.05) is 13.8 Å². The number of benzene rings is 1. The summed E-state index contributed by atoms with van der Waals surface area (Å²) in [5.41, 5.74) is 0.551. The highest BCUT2D eigenvalue weighted by atomic mass is 35.5. The SMILES string of the molecule is CC(C)C(=O)NCCNc1ccc([N+](=O)[O-])cc1Cl. The maximum atomic E-state index is 11.3. The smallest absolute Gasteiger partial charge is 0.271 e. The van der Waals surface area contributed by atoms with E-state index in [0.717, 1.165) is 0 Å². The van der Waals surface area contributed by atoms with Gasteiger partial charge in [0.2, 0.25) is 5.91 Å². The van der Waals surface area contributed by atoms with Gasteiger partial charge in [-0.1, -0.05) is 25.4 Å². The molecule has 0 atom stereocenters. The molecule has 0 saturated carbocycles. The quantitative estimate of drug-likeness (QED) is 0.478. The van der Waals surface area contributed by atoms with E-state index in [1.165, 1.54) is 12.1 Å². The lowest BCUT2D eigenvalue weighted by atomic mass is 10.2. The minimum atomic E-state index is -0.501. The molecule has 0 spiro atoms. The number of hydrogen-bond acceptors (Lipinski definition) is 4. The first kappa shape index (κ1) is 15.2. The Bertz CT molecular complexity index is 477. The van der Waals surface area contributed by atoms with Crippen LogP contribution in [-0.4, -0.2) is 23.9 Å². The maximum absolute atomic E-state index is 11.3. The van der Waals surface area contributed by atoms with Gasteiger partial charge in [-0.25, -0.2) is 0 Å². The third-order valence-corrected chi connectivity index (χ3v) is 2.74. The third kappa shape index (κ3) is 4.75. The van der Waals surface area contributed by atoms with E-state index in [1.54, 1.807) is 6.07 Å². The van der Waals surface area contributed by atoms with Crippen LogP contribution in [0.2, 0.25) is 5.02 Å². The highest BCUT2D eigenvalue weighted by Crippen LogP contribution is 2.26. The molecule has 0 heterocycles. The molecule has 0 aliphatic rings. The first-order chi connectivity index (χ1) is 8.91. The van der Waals surface area contributed by atoms with Crippen molar-refractivity contribution in [2.75, 3.05) is 18.4 Å². The number of nitro benzene ring substituents is 1. The minimum absolute atomic E-state index is 0.0170. The molecule has 2 N–H and O–H groups in total. The van der Waals surface area contributed by atoms with Crippen LogP contribution in [0.25, 0.3) is 0 Å². The number of nitro groups is 1. The summed E-state index contributed by atoms with van der Waals surface area (Å²) in [6.07, 6.45) is 0. The van der Waals surface area contributed by atoms with E-state index < -0.39 is 4.92 Å². The second kappa shape index (κ2) is 6.94. The van der Waals surface area contributed by atoms with Crippen molar-refractivity contribution < 1.29 is 9.72 Å². The van der Waals surface area contributed by atoms with Crippen molar-refractivity contribution in [3.05, 3.63) is 33.3 Å². The minimum Gasteiger partial charge on any atom is -0.382 e. The number of non-ortho nitro benzene ring substituents is 1. The van der Waals surface area contributed by atoms with Gasteiger partial charge in [-0.05, 0) is 6.07 Å². The molecule has 6 nitrogen and oxygen atoms in total. The fourth-order valence-corrected chi connectivity index (χ4v) is 1.59. The van der Waals surface area contributed by atoms with Gasteiger partial charge < -0.3 is 10.6 Å². The van der Waals surface area contributed by atoms with E-state index in [4.69, 9.17) is 11.6 Å². The van der Waals surface area contributed by atoms with Crippen LogP contribution in [0, 0.1) is 16.0 Å². The molecule has 1 rings (SSSR count). The molecular weight excluding hydrogens is 270 g/mol. The maximum Gasteiger partial charge on any atom is 0.271 e. The standard InChI is InChI=1S/C12H16ClN3O3/c1-8(2)12(17)15-6-5-14-11-4-3-9(16(18)19)7-10(11)13/h3-4,7-8,14H,5-6H2,1-2H3,(H,15,17). The third-order valence-electron chi connectivity index (χ3n) is 2.43. The number of carbonyl (C=O) groups excluding carboxylic acids is 1. The fraction of sp³-hybridized carbons (Fsp3) is 0.417. The number of amides is 1. The number of halogens is 1. The summed E-state index contributed by atoms with van der Waals surface area (Å²) in [6.45, 7) is 4.59. The zero-order valence-electron chi connectivity index (χ0n) is 10.8. The van der Waals surface area contributed by atoms with Gasteiger partial charge in [0.15, 0.2) is 0 Å². The normalized spacial score (nSPS) is 10.3. The zero-order valence-corrected chi connectivity index (χ0v) is 11.5. The van der Waals surface area contributed by atoms with Crippen molar-refractivity contribution in [3.8, 4) is 0 Å². The van der Waals surface area contributed by atoms with Crippen LogP contribution in [0.1, 0.15) is 13.8 Å². The van der Waals surface area contributed by atoms with Crippen molar-refractivity contribution in [2.45, 2.75) is 13.8 Å². The summed E-state index contributed by atoms with van der Waals surface area (Å²) in [7, 11) is 0. The molecule has 0 saturated heterocycles. The van der Waals surface area contributed by atoms with Crippen molar-refractivity contribution in [1.82, 2.24) is 5.32 Å². The van der Waals surface area contributed by atoms with Crippen LogP contribution in [0.4, 0.5) is 11.4 Å². The molecule has 1 amide bonds. The largest absolute Gasteiger partial charge is 0.382 e. The van der Waals surface area contributed by atoms with E-state index in [9.17, 15) is 14.9 Å². The Morgan fingerprint density at radius 3 is 2.63 bits per heavy atom. The van der Waals surface area contributed by atoms with Crippen molar-refractivity contribution in [2.24, 2.45) is 5.92 Å². The van der Waals surface area contributed by atoms with E-state index in [0.29, 0.717) is 18.8 Å². The number of rotatable bonds is 6. The fourth-order valence-electron chi connectivity index (χ4n) is 1.35. The number of hydrogen-bond donors (Lipinski definition) is 2.